The lowest BCUT2D eigenvalue weighted by atomic mass is 9.95. The Labute approximate surface area is 218 Å². The van der Waals surface area contributed by atoms with Crippen LogP contribution in [0.3, 0.4) is 0 Å². The maximum absolute atomic E-state index is 13.1. The van der Waals surface area contributed by atoms with Gasteiger partial charge in [-0.15, -0.1) is 0 Å². The van der Waals surface area contributed by atoms with Crippen LogP contribution in [-0.2, 0) is 41.5 Å². The molecule has 2 heterocycles. The fourth-order valence-corrected chi connectivity index (χ4v) is 4.98. The van der Waals surface area contributed by atoms with Gasteiger partial charge in [0.05, 0.1) is 23.5 Å². The number of amides is 2. The fraction of sp³-hybridized carbons (Fsp3) is 0.577. The van der Waals surface area contributed by atoms with E-state index in [4.69, 9.17) is 9.84 Å². The maximum atomic E-state index is 13.1. The highest BCUT2D eigenvalue weighted by atomic mass is 32.2. The van der Waals surface area contributed by atoms with E-state index in [1.807, 2.05) is 10.7 Å². The molecule has 1 unspecified atom stereocenters. The highest BCUT2D eigenvalue weighted by Gasteiger charge is 2.32. The van der Waals surface area contributed by atoms with Gasteiger partial charge in [0.15, 0.2) is 6.61 Å². The van der Waals surface area contributed by atoms with Crippen molar-refractivity contribution < 1.29 is 27.3 Å². The summed E-state index contributed by atoms with van der Waals surface area (Å²) in [6.07, 6.45) is 6.74. The number of hydrogen-bond donors (Lipinski definition) is 2. The summed E-state index contributed by atoms with van der Waals surface area (Å²) in [5.41, 5.74) is 2.85. The molecule has 2 aromatic rings. The number of benzene rings is 1. The van der Waals surface area contributed by atoms with Gasteiger partial charge in [-0.25, -0.2) is 8.78 Å². The van der Waals surface area contributed by atoms with Crippen molar-refractivity contribution in [3.8, 4) is 5.75 Å². The monoisotopic (exact) mass is 536 g/mol. The first-order valence-electron chi connectivity index (χ1n) is 12.6. The van der Waals surface area contributed by atoms with Crippen LogP contribution in [0.15, 0.2) is 24.3 Å². The minimum absolute atomic E-state index is 0.0835. The molecule has 37 heavy (non-hydrogen) atoms. The van der Waals surface area contributed by atoms with Crippen LogP contribution in [0.4, 0.5) is 8.78 Å². The molecule has 1 aromatic carbocycles. The summed E-state index contributed by atoms with van der Waals surface area (Å²) >= 11 is 0. The number of carbonyl (C=O) groups excluding carboxylic acids is 2. The van der Waals surface area contributed by atoms with Crippen LogP contribution in [0.25, 0.3) is 0 Å². The van der Waals surface area contributed by atoms with Gasteiger partial charge in [0.2, 0.25) is 5.91 Å². The molecule has 1 aliphatic heterocycles. The van der Waals surface area contributed by atoms with Crippen molar-refractivity contribution in [2.24, 2.45) is 5.92 Å². The molecule has 0 spiro atoms. The molecule has 1 aliphatic carbocycles. The standard InChI is InChI=1S/C26H34F2N4O4S/c1-26(27,28)16-36-20-5-3-4-18(12-20)8-9-19-13-21-24(25(34)30-19)22(14-29-23(33)15-37(2)35)32(31-21)11-10-17-6-7-17/h3-5,12,17,19H,6-11,13-16H2,1-2H3,(H,29,33)(H,30,34)/t19-,37?/m0/s1. The van der Waals surface area contributed by atoms with Crippen molar-refractivity contribution >= 4 is 22.6 Å². The number of nitrogens with zero attached hydrogens (tertiary/aromatic N) is 2. The summed E-state index contributed by atoms with van der Waals surface area (Å²) in [6, 6.07) is 6.95. The molecule has 2 amide bonds. The van der Waals surface area contributed by atoms with Gasteiger partial charge in [-0.1, -0.05) is 25.0 Å². The summed E-state index contributed by atoms with van der Waals surface area (Å²) in [6.45, 7) is 0.978. The van der Waals surface area contributed by atoms with Crippen LogP contribution in [0.2, 0.25) is 0 Å². The van der Waals surface area contributed by atoms with E-state index in [0.29, 0.717) is 48.7 Å². The van der Waals surface area contributed by atoms with Gasteiger partial charge in [-0.3, -0.25) is 18.5 Å². The summed E-state index contributed by atoms with van der Waals surface area (Å²) in [5, 5.41) is 10.6. The van der Waals surface area contributed by atoms with Crippen molar-refractivity contribution in [3.63, 3.8) is 0 Å². The van der Waals surface area contributed by atoms with Crippen LogP contribution >= 0.6 is 0 Å². The van der Waals surface area contributed by atoms with Crippen LogP contribution in [0.5, 0.6) is 5.75 Å². The Hall–Kier alpha value is -2.82. The summed E-state index contributed by atoms with van der Waals surface area (Å²) in [5.74, 6) is -2.45. The second kappa shape index (κ2) is 11.7. The van der Waals surface area contributed by atoms with E-state index in [0.717, 1.165) is 24.6 Å². The molecule has 1 aromatic heterocycles. The normalized spacial score (nSPS) is 18.2. The van der Waals surface area contributed by atoms with Crippen LogP contribution in [-0.4, -0.2) is 56.4 Å². The van der Waals surface area contributed by atoms with Crippen LogP contribution in [0.1, 0.15) is 59.9 Å². The minimum Gasteiger partial charge on any atom is -0.487 e. The van der Waals surface area contributed by atoms with E-state index in [2.05, 4.69) is 10.6 Å². The predicted molar refractivity (Wildman–Crippen MR) is 136 cm³/mol. The molecule has 8 nitrogen and oxygen atoms in total. The maximum Gasteiger partial charge on any atom is 0.278 e. The lowest BCUT2D eigenvalue weighted by molar-refractivity contribution is -0.118. The van der Waals surface area contributed by atoms with Crippen LogP contribution in [0, 0.1) is 5.92 Å². The largest absolute Gasteiger partial charge is 0.487 e. The topological polar surface area (TPSA) is 102 Å². The Morgan fingerprint density at radius 3 is 2.81 bits per heavy atom. The first-order chi connectivity index (χ1) is 17.6. The molecule has 1 saturated carbocycles. The number of nitrogens with one attached hydrogen (secondary N) is 2. The van der Waals surface area contributed by atoms with Gasteiger partial charge >= 0.3 is 0 Å². The first-order valence-corrected chi connectivity index (χ1v) is 14.4. The molecule has 2 atom stereocenters. The molecule has 0 bridgehead atoms. The van der Waals surface area contributed by atoms with Crippen molar-refractivity contribution in [1.82, 2.24) is 20.4 Å². The minimum atomic E-state index is -2.90. The Morgan fingerprint density at radius 2 is 2.11 bits per heavy atom. The first kappa shape index (κ1) is 27.2. The SMILES string of the molecule is CS(=O)CC(=O)NCc1c2c(nn1CCC1CC1)C[C@H](CCc1cccc(OCC(C)(F)F)c1)NC2=O. The number of alkyl halides is 2. The van der Waals surface area contributed by atoms with Gasteiger partial charge in [0.25, 0.3) is 11.8 Å². The van der Waals surface area contributed by atoms with E-state index in [-0.39, 0.29) is 30.2 Å². The molecule has 1 fully saturated rings. The van der Waals surface area contributed by atoms with Gasteiger partial charge in [-0.05, 0) is 42.9 Å². The number of aromatic nitrogens is 2. The summed E-state index contributed by atoms with van der Waals surface area (Å²) in [4.78, 5) is 25.2. The molecule has 0 saturated heterocycles. The average Bonchev–Trinajstić information content (AvgIpc) is 3.58. The van der Waals surface area contributed by atoms with Gasteiger partial charge < -0.3 is 15.4 Å². The van der Waals surface area contributed by atoms with E-state index >= 15 is 0 Å². The van der Waals surface area contributed by atoms with Crippen molar-refractivity contribution in [1.29, 1.82) is 0 Å². The second-order valence-corrected chi connectivity index (χ2v) is 11.6. The summed E-state index contributed by atoms with van der Waals surface area (Å²) < 4.78 is 44.6. The van der Waals surface area contributed by atoms with Crippen LogP contribution < -0.4 is 15.4 Å². The van der Waals surface area contributed by atoms with E-state index in [9.17, 15) is 22.6 Å². The Bertz CT molecular complexity index is 1160. The summed E-state index contributed by atoms with van der Waals surface area (Å²) in [7, 11) is -1.24. The third-order valence-corrected chi connectivity index (χ3v) is 7.21. The van der Waals surface area contributed by atoms with Crippen molar-refractivity contribution in [3.05, 3.63) is 46.8 Å². The number of rotatable bonds is 13. The highest BCUT2D eigenvalue weighted by molar-refractivity contribution is 7.85. The highest BCUT2D eigenvalue weighted by Crippen LogP contribution is 2.33. The predicted octanol–water partition coefficient (Wildman–Crippen LogP) is 3.00. The van der Waals surface area contributed by atoms with E-state index in [1.54, 1.807) is 18.2 Å². The molecule has 202 valence electrons. The number of hydrogen-bond acceptors (Lipinski definition) is 5. The quantitative estimate of drug-likeness (QED) is 0.410. The van der Waals surface area contributed by atoms with E-state index < -0.39 is 23.3 Å². The zero-order chi connectivity index (χ0) is 26.6. The number of halogens is 2. The van der Waals surface area contributed by atoms with Gasteiger partial charge in [0.1, 0.15) is 11.5 Å². The molecular formula is C26H34F2N4O4S. The van der Waals surface area contributed by atoms with Crippen molar-refractivity contribution in [2.75, 3.05) is 18.6 Å². The number of ether oxygens (including phenoxy) is 1. The smallest absolute Gasteiger partial charge is 0.278 e. The number of aryl methyl sites for hydroxylation is 2. The average molecular weight is 537 g/mol. The molecule has 2 aliphatic rings. The lowest BCUT2D eigenvalue weighted by Crippen LogP contribution is -2.42. The molecule has 11 heteroatoms. The Kier molecular flexibility index (Phi) is 8.61. The molecule has 2 N–H and O–H groups in total. The van der Waals surface area contributed by atoms with Crippen molar-refractivity contribution in [2.45, 2.75) is 70.5 Å². The van der Waals surface area contributed by atoms with E-state index in [1.165, 1.54) is 19.1 Å². The van der Waals surface area contributed by atoms with Gasteiger partial charge in [-0.2, -0.15) is 5.10 Å². The lowest BCUT2D eigenvalue weighted by Gasteiger charge is -2.23. The Balaban J connectivity index is 1.41. The molecular weight excluding hydrogens is 502 g/mol. The second-order valence-electron chi connectivity index (χ2n) is 10.1. The zero-order valence-electron chi connectivity index (χ0n) is 21.2. The third-order valence-electron chi connectivity index (χ3n) is 6.54. The molecule has 4 rings (SSSR count). The fourth-order valence-electron chi connectivity index (χ4n) is 4.51. The number of carbonyl (C=O) groups is 2. The Morgan fingerprint density at radius 1 is 1.32 bits per heavy atom. The zero-order valence-corrected chi connectivity index (χ0v) is 22.0. The molecule has 0 radical (unpaired) electrons. The number of fused-ring (bicyclic) bond motifs is 1. The third kappa shape index (κ3) is 8.08. The van der Waals surface area contributed by atoms with Gasteiger partial charge in [0, 0.05) is 43.0 Å².